The average molecular weight is 239 g/mol. The third-order valence-electron chi connectivity index (χ3n) is 2.22. The Kier molecular flexibility index (Phi) is 3.10. The molecule has 4 nitrogen and oxygen atoms in total. The third kappa shape index (κ3) is 2.17. The second-order valence-corrected chi connectivity index (χ2v) is 3.78. The molecule has 0 aliphatic rings. The highest BCUT2D eigenvalue weighted by atomic mass is 35.5. The van der Waals surface area contributed by atoms with Gasteiger partial charge < -0.3 is 4.74 Å². The normalized spacial score (nSPS) is 10.6. The molecule has 1 aromatic carbocycles. The molecule has 0 bridgehead atoms. The van der Waals surface area contributed by atoms with Crippen molar-refractivity contribution in [3.63, 3.8) is 0 Å². The summed E-state index contributed by atoms with van der Waals surface area (Å²) in [6.45, 7) is 2.16. The lowest BCUT2D eigenvalue weighted by molar-refractivity contribution is -0.142. The minimum atomic E-state index is -0.270. The fraction of sp³-hybridized carbons (Fsp3) is 0.273. The van der Waals surface area contributed by atoms with E-state index in [9.17, 15) is 4.79 Å². The van der Waals surface area contributed by atoms with Crippen LogP contribution in [0.5, 0.6) is 0 Å². The fourth-order valence-electron chi connectivity index (χ4n) is 1.53. The van der Waals surface area contributed by atoms with Gasteiger partial charge in [-0.3, -0.25) is 9.89 Å². The van der Waals surface area contributed by atoms with Crippen molar-refractivity contribution in [2.24, 2.45) is 0 Å². The first-order chi connectivity index (χ1) is 7.70. The van der Waals surface area contributed by atoms with Crippen LogP contribution in [0.25, 0.3) is 10.9 Å². The van der Waals surface area contributed by atoms with Crippen molar-refractivity contribution in [2.45, 2.75) is 13.3 Å². The highest BCUT2D eigenvalue weighted by Gasteiger charge is 2.10. The van der Waals surface area contributed by atoms with Gasteiger partial charge in [0.25, 0.3) is 0 Å². The molecule has 0 radical (unpaired) electrons. The van der Waals surface area contributed by atoms with E-state index in [1.165, 1.54) is 0 Å². The Balaban J connectivity index is 2.30. The number of nitrogens with one attached hydrogen (secondary N) is 1. The summed E-state index contributed by atoms with van der Waals surface area (Å²) in [6.07, 6.45) is 0.185. The van der Waals surface area contributed by atoms with Gasteiger partial charge in [0.2, 0.25) is 0 Å². The minimum absolute atomic E-state index is 0.185. The summed E-state index contributed by atoms with van der Waals surface area (Å²) in [5.41, 5.74) is 1.53. The van der Waals surface area contributed by atoms with Crippen LogP contribution in [0, 0.1) is 0 Å². The maximum absolute atomic E-state index is 11.3. The molecule has 0 spiro atoms. The zero-order valence-electron chi connectivity index (χ0n) is 8.79. The van der Waals surface area contributed by atoms with Crippen LogP contribution in [-0.2, 0) is 16.0 Å². The summed E-state index contributed by atoms with van der Waals surface area (Å²) in [7, 11) is 0. The first-order valence-electron chi connectivity index (χ1n) is 4.99. The third-order valence-corrected chi connectivity index (χ3v) is 2.46. The Labute approximate surface area is 97.5 Å². The number of ether oxygens (including phenoxy) is 1. The highest BCUT2D eigenvalue weighted by Crippen LogP contribution is 2.20. The molecule has 5 heteroatoms. The number of hydrogen-bond acceptors (Lipinski definition) is 3. The van der Waals surface area contributed by atoms with E-state index in [4.69, 9.17) is 16.3 Å². The molecular formula is C11H11ClN2O2. The number of aromatic nitrogens is 2. The molecule has 0 aliphatic heterocycles. The number of nitrogens with zero attached hydrogens (tertiary/aromatic N) is 1. The van der Waals surface area contributed by atoms with Crippen molar-refractivity contribution in [1.82, 2.24) is 10.2 Å². The lowest BCUT2D eigenvalue weighted by Gasteiger charge is -2.00. The molecule has 0 amide bonds. The first-order valence-corrected chi connectivity index (χ1v) is 5.36. The van der Waals surface area contributed by atoms with Gasteiger partial charge in [-0.2, -0.15) is 5.10 Å². The second-order valence-electron chi connectivity index (χ2n) is 3.35. The lowest BCUT2D eigenvalue weighted by Crippen LogP contribution is -2.07. The molecule has 16 heavy (non-hydrogen) atoms. The molecule has 2 rings (SSSR count). The largest absolute Gasteiger partial charge is 0.466 e. The first kappa shape index (κ1) is 11.0. The molecule has 1 N–H and O–H groups in total. The summed E-state index contributed by atoms with van der Waals surface area (Å²) in [5.74, 6) is -0.270. The molecule has 0 fully saturated rings. The maximum atomic E-state index is 11.3. The predicted molar refractivity (Wildman–Crippen MR) is 61.4 cm³/mol. The molecule has 0 unspecified atom stereocenters. The number of hydrogen-bond donors (Lipinski definition) is 1. The van der Waals surface area contributed by atoms with Gasteiger partial charge in [0.15, 0.2) is 0 Å². The van der Waals surface area contributed by atoms with Crippen LogP contribution in [0.2, 0.25) is 5.02 Å². The van der Waals surface area contributed by atoms with Gasteiger partial charge in [0.1, 0.15) is 0 Å². The smallest absolute Gasteiger partial charge is 0.311 e. The van der Waals surface area contributed by atoms with Gasteiger partial charge in [-0.15, -0.1) is 0 Å². The van der Waals surface area contributed by atoms with E-state index in [1.54, 1.807) is 19.1 Å². The lowest BCUT2D eigenvalue weighted by atomic mass is 10.2. The van der Waals surface area contributed by atoms with Crippen molar-refractivity contribution in [3.05, 3.63) is 28.9 Å². The molecule has 1 heterocycles. The van der Waals surface area contributed by atoms with Gasteiger partial charge in [-0.25, -0.2) is 0 Å². The number of esters is 1. The van der Waals surface area contributed by atoms with Crippen LogP contribution in [0.15, 0.2) is 18.2 Å². The fourth-order valence-corrected chi connectivity index (χ4v) is 1.70. The minimum Gasteiger partial charge on any atom is -0.466 e. The SMILES string of the molecule is CCOC(=O)Cc1[nH]nc2ccc(Cl)cc12. The van der Waals surface area contributed by atoms with E-state index in [0.717, 1.165) is 16.6 Å². The van der Waals surface area contributed by atoms with Crippen LogP contribution in [0.4, 0.5) is 0 Å². The second kappa shape index (κ2) is 4.53. The number of benzene rings is 1. The van der Waals surface area contributed by atoms with Crippen LogP contribution < -0.4 is 0 Å². The van der Waals surface area contributed by atoms with Gasteiger partial charge in [0.05, 0.1) is 24.2 Å². The monoisotopic (exact) mass is 238 g/mol. The van der Waals surface area contributed by atoms with Gasteiger partial charge in [-0.05, 0) is 25.1 Å². The number of halogens is 1. The molecule has 0 saturated heterocycles. The number of carbonyl (C=O) groups excluding carboxylic acids is 1. The molecule has 84 valence electrons. The number of carbonyl (C=O) groups is 1. The van der Waals surface area contributed by atoms with E-state index < -0.39 is 0 Å². The van der Waals surface area contributed by atoms with Crippen molar-refractivity contribution in [2.75, 3.05) is 6.61 Å². The van der Waals surface area contributed by atoms with Gasteiger partial charge >= 0.3 is 5.97 Å². The molecule has 0 saturated carbocycles. The molecule has 0 atom stereocenters. The van der Waals surface area contributed by atoms with Crippen LogP contribution in [0.3, 0.4) is 0 Å². The summed E-state index contributed by atoms with van der Waals surface area (Å²) < 4.78 is 4.87. The summed E-state index contributed by atoms with van der Waals surface area (Å²) in [5, 5.41) is 8.39. The summed E-state index contributed by atoms with van der Waals surface area (Å²) in [6, 6.07) is 5.36. The van der Waals surface area contributed by atoms with Crippen LogP contribution in [0.1, 0.15) is 12.6 Å². The Morgan fingerprint density at radius 2 is 2.38 bits per heavy atom. The van der Waals surface area contributed by atoms with E-state index in [2.05, 4.69) is 10.2 Å². The van der Waals surface area contributed by atoms with Crippen molar-refractivity contribution in [3.8, 4) is 0 Å². The Hall–Kier alpha value is -1.55. The van der Waals surface area contributed by atoms with Crippen LogP contribution >= 0.6 is 11.6 Å². The Bertz CT molecular complexity index is 522. The molecular weight excluding hydrogens is 228 g/mol. The Morgan fingerprint density at radius 3 is 3.12 bits per heavy atom. The number of H-pyrrole nitrogens is 1. The Morgan fingerprint density at radius 1 is 1.56 bits per heavy atom. The van der Waals surface area contributed by atoms with E-state index >= 15 is 0 Å². The molecule has 1 aromatic heterocycles. The van der Waals surface area contributed by atoms with Crippen LogP contribution in [-0.4, -0.2) is 22.8 Å². The maximum Gasteiger partial charge on any atom is 0.311 e. The zero-order chi connectivity index (χ0) is 11.5. The average Bonchev–Trinajstić information content (AvgIpc) is 2.61. The van der Waals surface area contributed by atoms with E-state index in [0.29, 0.717) is 11.6 Å². The number of fused-ring (bicyclic) bond motifs is 1. The molecule has 2 aromatic rings. The van der Waals surface area contributed by atoms with Crippen molar-refractivity contribution >= 4 is 28.5 Å². The van der Waals surface area contributed by atoms with Gasteiger partial charge in [-0.1, -0.05) is 11.6 Å². The zero-order valence-corrected chi connectivity index (χ0v) is 9.54. The van der Waals surface area contributed by atoms with Crippen molar-refractivity contribution < 1.29 is 9.53 Å². The van der Waals surface area contributed by atoms with Crippen molar-refractivity contribution in [1.29, 1.82) is 0 Å². The van der Waals surface area contributed by atoms with E-state index in [1.807, 2.05) is 6.07 Å². The number of rotatable bonds is 3. The summed E-state index contributed by atoms with van der Waals surface area (Å²) in [4.78, 5) is 11.3. The van der Waals surface area contributed by atoms with E-state index in [-0.39, 0.29) is 12.4 Å². The topological polar surface area (TPSA) is 55.0 Å². The van der Waals surface area contributed by atoms with Gasteiger partial charge in [0, 0.05) is 10.4 Å². The highest BCUT2D eigenvalue weighted by molar-refractivity contribution is 6.31. The number of aromatic amines is 1. The standard InChI is InChI=1S/C11H11ClN2O2/c1-2-16-11(15)6-10-8-5-7(12)3-4-9(8)13-14-10/h3-5H,2,6H2,1H3,(H,13,14). The predicted octanol–water partition coefficient (Wildman–Crippen LogP) is 2.32. The quantitative estimate of drug-likeness (QED) is 0.835. The summed E-state index contributed by atoms with van der Waals surface area (Å²) >= 11 is 5.89. The molecule has 0 aliphatic carbocycles.